The number of hydrogen-bond donors (Lipinski definition) is 2. The zero-order valence-electron chi connectivity index (χ0n) is 13.6. The number of hydrogen-bond acceptors (Lipinski definition) is 3. The number of rotatable bonds is 5. The third-order valence-electron chi connectivity index (χ3n) is 4.87. The molecular weight excluding hydrogens is 286 g/mol. The molecule has 0 aromatic heterocycles. The van der Waals surface area contributed by atoms with Crippen LogP contribution in [0.25, 0.3) is 11.1 Å². The third kappa shape index (κ3) is 3.47. The molecule has 3 unspecified atom stereocenters. The fourth-order valence-electron chi connectivity index (χ4n) is 3.44. The van der Waals surface area contributed by atoms with Crippen LogP contribution in [-0.2, 0) is 0 Å². The van der Waals surface area contributed by atoms with Crippen LogP contribution in [0.5, 0.6) is 0 Å². The summed E-state index contributed by atoms with van der Waals surface area (Å²) in [5.74, 6) is -0.137. The molecule has 1 fully saturated rings. The molecule has 0 aliphatic carbocycles. The molecule has 2 N–H and O–H groups in total. The Labute approximate surface area is 138 Å². The molecule has 23 heavy (non-hydrogen) atoms. The first-order valence-electron chi connectivity index (χ1n) is 8.43. The molecule has 2 aromatic rings. The van der Waals surface area contributed by atoms with Gasteiger partial charge >= 0.3 is 0 Å². The van der Waals surface area contributed by atoms with Crippen molar-refractivity contribution in [2.45, 2.75) is 38.0 Å². The molecule has 1 heterocycles. The summed E-state index contributed by atoms with van der Waals surface area (Å²) in [6.07, 6.45) is 0.603. The van der Waals surface area contributed by atoms with Crippen molar-refractivity contribution in [3.05, 3.63) is 60.2 Å². The Bertz CT molecular complexity index is 623. The van der Waals surface area contributed by atoms with Gasteiger partial charge in [0.05, 0.1) is 0 Å². The zero-order valence-corrected chi connectivity index (χ0v) is 13.6. The van der Waals surface area contributed by atoms with Crippen molar-refractivity contribution in [2.75, 3.05) is 13.1 Å². The van der Waals surface area contributed by atoms with Gasteiger partial charge in [-0.25, -0.2) is 0 Å². The topological polar surface area (TPSA) is 43.7 Å². The fraction of sp³-hybridized carbons (Fsp3) is 0.400. The lowest BCUT2D eigenvalue weighted by Gasteiger charge is -2.31. The molecule has 122 valence electrons. The second-order valence-corrected chi connectivity index (χ2v) is 6.39. The molecular formula is C20H25NO2. The van der Waals surface area contributed by atoms with E-state index in [0.29, 0.717) is 0 Å². The first kappa shape index (κ1) is 16.2. The number of likely N-dealkylation sites (tertiary alicyclic amines) is 1. The molecule has 0 amide bonds. The lowest BCUT2D eigenvalue weighted by atomic mass is 9.87. The Morgan fingerprint density at radius 3 is 2.17 bits per heavy atom. The highest BCUT2D eigenvalue weighted by Gasteiger charge is 2.31. The second kappa shape index (κ2) is 7.26. The Kier molecular flexibility index (Phi) is 5.11. The molecule has 1 aliphatic heterocycles. The van der Waals surface area contributed by atoms with Crippen LogP contribution < -0.4 is 0 Å². The summed E-state index contributed by atoms with van der Waals surface area (Å²) in [5, 5.41) is 21.2. The van der Waals surface area contributed by atoms with Gasteiger partial charge in [-0.3, -0.25) is 4.90 Å². The van der Waals surface area contributed by atoms with Crippen molar-refractivity contribution in [1.29, 1.82) is 0 Å². The summed E-state index contributed by atoms with van der Waals surface area (Å²) in [4.78, 5) is 1.98. The monoisotopic (exact) mass is 311 g/mol. The summed E-state index contributed by atoms with van der Waals surface area (Å²) in [7, 11) is 0. The highest BCUT2D eigenvalue weighted by molar-refractivity contribution is 5.68. The van der Waals surface area contributed by atoms with E-state index in [4.69, 9.17) is 0 Å². The molecule has 1 saturated heterocycles. The molecule has 0 spiro atoms. The van der Waals surface area contributed by atoms with Crippen molar-refractivity contribution in [1.82, 2.24) is 4.90 Å². The number of aliphatic hydroxyl groups is 2. The fourth-order valence-corrected chi connectivity index (χ4v) is 3.44. The summed E-state index contributed by atoms with van der Waals surface area (Å²) < 4.78 is 0. The standard InChI is InChI=1S/C20H25NO2/c1-15(19(22)20(23)21-13-7-8-14-21)17-11-5-6-12-18(17)16-9-3-2-4-10-16/h2-6,9-12,15,19-20,22-23H,7-8,13-14H2,1H3. The first-order chi connectivity index (χ1) is 11.2. The van der Waals surface area contributed by atoms with E-state index in [1.54, 1.807) is 0 Å². The van der Waals surface area contributed by atoms with Gasteiger partial charge < -0.3 is 10.2 Å². The van der Waals surface area contributed by atoms with Gasteiger partial charge in [-0.15, -0.1) is 0 Å². The van der Waals surface area contributed by atoms with Crippen molar-refractivity contribution in [3.63, 3.8) is 0 Å². The van der Waals surface area contributed by atoms with E-state index in [0.717, 1.165) is 42.6 Å². The highest BCUT2D eigenvalue weighted by Crippen LogP contribution is 2.32. The second-order valence-electron chi connectivity index (χ2n) is 6.39. The Morgan fingerprint density at radius 2 is 1.48 bits per heavy atom. The molecule has 0 radical (unpaired) electrons. The van der Waals surface area contributed by atoms with Crippen LogP contribution in [0.4, 0.5) is 0 Å². The van der Waals surface area contributed by atoms with Gasteiger partial charge in [0.15, 0.2) is 0 Å². The lowest BCUT2D eigenvalue weighted by molar-refractivity contribution is -0.0817. The van der Waals surface area contributed by atoms with Gasteiger partial charge in [0.25, 0.3) is 0 Å². The molecule has 0 saturated carbocycles. The van der Waals surface area contributed by atoms with E-state index in [-0.39, 0.29) is 5.92 Å². The Morgan fingerprint density at radius 1 is 0.870 bits per heavy atom. The van der Waals surface area contributed by atoms with Gasteiger partial charge in [0.1, 0.15) is 12.3 Å². The number of aliphatic hydroxyl groups excluding tert-OH is 2. The van der Waals surface area contributed by atoms with Crippen LogP contribution in [0.2, 0.25) is 0 Å². The first-order valence-corrected chi connectivity index (χ1v) is 8.43. The summed E-state index contributed by atoms with van der Waals surface area (Å²) in [5.41, 5.74) is 3.33. The largest absolute Gasteiger partial charge is 0.388 e. The zero-order chi connectivity index (χ0) is 16.2. The molecule has 3 atom stereocenters. The van der Waals surface area contributed by atoms with Crippen LogP contribution in [-0.4, -0.2) is 40.5 Å². The summed E-state index contributed by atoms with van der Waals surface area (Å²) >= 11 is 0. The normalized spacial score (nSPS) is 19.4. The number of benzene rings is 2. The van der Waals surface area contributed by atoms with Crippen LogP contribution in [0.1, 0.15) is 31.2 Å². The van der Waals surface area contributed by atoms with Crippen LogP contribution in [0, 0.1) is 0 Å². The van der Waals surface area contributed by atoms with Gasteiger partial charge in [0, 0.05) is 19.0 Å². The van der Waals surface area contributed by atoms with E-state index >= 15 is 0 Å². The highest BCUT2D eigenvalue weighted by atomic mass is 16.3. The minimum absolute atomic E-state index is 0.137. The Hall–Kier alpha value is -1.68. The van der Waals surface area contributed by atoms with E-state index < -0.39 is 12.3 Å². The van der Waals surface area contributed by atoms with Gasteiger partial charge in [0.2, 0.25) is 0 Å². The Balaban J connectivity index is 1.86. The minimum atomic E-state index is -0.795. The van der Waals surface area contributed by atoms with Gasteiger partial charge in [-0.2, -0.15) is 0 Å². The van der Waals surface area contributed by atoms with E-state index in [9.17, 15) is 10.2 Å². The summed E-state index contributed by atoms with van der Waals surface area (Å²) in [6.45, 7) is 3.72. The molecule has 1 aliphatic rings. The van der Waals surface area contributed by atoms with Crippen molar-refractivity contribution < 1.29 is 10.2 Å². The smallest absolute Gasteiger partial charge is 0.134 e. The van der Waals surface area contributed by atoms with E-state index in [1.165, 1.54) is 0 Å². The SMILES string of the molecule is CC(c1ccccc1-c1ccccc1)C(O)C(O)N1CCCC1. The maximum absolute atomic E-state index is 10.7. The van der Waals surface area contributed by atoms with Crippen LogP contribution in [0.15, 0.2) is 54.6 Å². The van der Waals surface area contributed by atoms with E-state index in [1.807, 2.05) is 48.2 Å². The molecule has 0 bridgehead atoms. The predicted octanol–water partition coefficient (Wildman–Crippen LogP) is 3.23. The maximum atomic E-state index is 10.7. The van der Waals surface area contributed by atoms with Crippen molar-refractivity contribution >= 4 is 0 Å². The van der Waals surface area contributed by atoms with Gasteiger partial charge in [-0.05, 0) is 29.5 Å². The predicted molar refractivity (Wildman–Crippen MR) is 93.1 cm³/mol. The molecule has 3 nitrogen and oxygen atoms in total. The minimum Gasteiger partial charge on any atom is -0.388 e. The molecule has 3 heteroatoms. The lowest BCUT2D eigenvalue weighted by Crippen LogP contribution is -2.44. The summed E-state index contributed by atoms with van der Waals surface area (Å²) in [6, 6.07) is 18.3. The maximum Gasteiger partial charge on any atom is 0.134 e. The number of nitrogens with zero attached hydrogens (tertiary/aromatic N) is 1. The van der Waals surface area contributed by atoms with E-state index in [2.05, 4.69) is 18.2 Å². The molecule has 2 aromatic carbocycles. The quantitative estimate of drug-likeness (QED) is 0.891. The van der Waals surface area contributed by atoms with Crippen molar-refractivity contribution in [2.24, 2.45) is 0 Å². The average Bonchev–Trinajstić information content (AvgIpc) is 3.15. The van der Waals surface area contributed by atoms with Crippen molar-refractivity contribution in [3.8, 4) is 11.1 Å². The third-order valence-corrected chi connectivity index (χ3v) is 4.87. The van der Waals surface area contributed by atoms with Crippen LogP contribution >= 0.6 is 0 Å². The average molecular weight is 311 g/mol. The van der Waals surface area contributed by atoms with Crippen LogP contribution in [0.3, 0.4) is 0 Å². The molecule has 3 rings (SSSR count). The van der Waals surface area contributed by atoms with Gasteiger partial charge in [-0.1, -0.05) is 61.5 Å².